The fourth-order valence-corrected chi connectivity index (χ4v) is 1.88. The van der Waals surface area contributed by atoms with Crippen LogP contribution in [0.1, 0.15) is 12.5 Å². The van der Waals surface area contributed by atoms with E-state index in [0.717, 1.165) is 0 Å². The van der Waals surface area contributed by atoms with Gasteiger partial charge in [0.1, 0.15) is 0 Å². The molecular formula is C8H7FINO3. The normalized spacial score (nSPS) is 10.2. The molecule has 0 saturated heterocycles. The Morgan fingerprint density at radius 1 is 1.71 bits per heavy atom. The number of rotatable bonds is 2. The van der Waals surface area contributed by atoms with Crippen molar-refractivity contribution in [3.05, 3.63) is 31.1 Å². The molecule has 1 N–H and O–H groups in total. The number of hydrogen-bond acceptors (Lipinski definition) is 3. The van der Waals surface area contributed by atoms with E-state index in [1.807, 2.05) is 0 Å². The van der Waals surface area contributed by atoms with Crippen molar-refractivity contribution in [3.63, 3.8) is 0 Å². The first kappa shape index (κ1) is 11.2. The molecule has 4 nitrogen and oxygen atoms in total. The number of aryl methyl sites for hydroxylation is 1. The van der Waals surface area contributed by atoms with Crippen LogP contribution in [0, 0.1) is 19.5 Å². The zero-order chi connectivity index (χ0) is 10.9. The van der Waals surface area contributed by atoms with Crippen molar-refractivity contribution >= 4 is 28.3 Å². The third-order valence-electron chi connectivity index (χ3n) is 1.80. The summed E-state index contributed by atoms with van der Waals surface area (Å²) in [6.07, 6.45) is 0.515. The second kappa shape index (κ2) is 4.07. The van der Waals surface area contributed by atoms with E-state index in [0.29, 0.717) is 12.0 Å². The summed E-state index contributed by atoms with van der Waals surface area (Å²) in [5, 5.41) is 19.6. The maximum Gasteiger partial charge on any atom is 0.347 e. The fraction of sp³-hybridized carbons (Fsp3) is 0.250. The number of halogens is 2. The summed E-state index contributed by atoms with van der Waals surface area (Å²) in [5.41, 5.74) is -0.294. The lowest BCUT2D eigenvalue weighted by molar-refractivity contribution is -0.388. The van der Waals surface area contributed by atoms with Crippen LogP contribution >= 0.6 is 22.6 Å². The summed E-state index contributed by atoms with van der Waals surface area (Å²) in [5.74, 6) is -1.59. The molecule has 0 saturated carbocycles. The third-order valence-corrected chi connectivity index (χ3v) is 2.97. The Bertz CT molecular complexity index is 395. The maximum absolute atomic E-state index is 13.4. The van der Waals surface area contributed by atoms with Crippen LogP contribution in [0.5, 0.6) is 5.75 Å². The average molecular weight is 311 g/mol. The second-order valence-corrected chi connectivity index (χ2v) is 3.72. The molecule has 0 heterocycles. The topological polar surface area (TPSA) is 63.4 Å². The van der Waals surface area contributed by atoms with Crippen LogP contribution in [-0.4, -0.2) is 10.0 Å². The van der Waals surface area contributed by atoms with Crippen LogP contribution in [0.3, 0.4) is 0 Å². The van der Waals surface area contributed by atoms with E-state index in [1.165, 1.54) is 6.07 Å². The zero-order valence-corrected chi connectivity index (χ0v) is 9.41. The van der Waals surface area contributed by atoms with Crippen molar-refractivity contribution in [2.45, 2.75) is 13.3 Å². The van der Waals surface area contributed by atoms with Gasteiger partial charge in [-0.25, -0.2) is 0 Å². The average Bonchev–Trinajstić information content (AvgIpc) is 2.10. The SMILES string of the molecule is CCc1cc(O)c([N+](=O)[O-])c(F)c1I. The number of aromatic hydroxyl groups is 1. The highest BCUT2D eigenvalue weighted by Crippen LogP contribution is 2.34. The molecule has 1 rings (SSSR count). The summed E-state index contributed by atoms with van der Waals surface area (Å²) in [4.78, 5) is 9.47. The number of phenols is 1. The second-order valence-electron chi connectivity index (χ2n) is 2.64. The number of nitro benzene ring substituents is 1. The van der Waals surface area contributed by atoms with Gasteiger partial charge < -0.3 is 5.11 Å². The molecule has 76 valence electrons. The van der Waals surface area contributed by atoms with Gasteiger partial charge >= 0.3 is 5.69 Å². The Hall–Kier alpha value is -0.920. The molecule has 0 fully saturated rings. The molecule has 0 bridgehead atoms. The summed E-state index contributed by atoms with van der Waals surface area (Å²) in [7, 11) is 0. The minimum absolute atomic E-state index is 0.189. The molecule has 0 aliphatic carbocycles. The van der Waals surface area contributed by atoms with Crippen molar-refractivity contribution < 1.29 is 14.4 Å². The smallest absolute Gasteiger partial charge is 0.347 e. The van der Waals surface area contributed by atoms with Gasteiger partial charge in [-0.15, -0.1) is 0 Å². The predicted octanol–water partition coefficient (Wildman–Crippen LogP) is 2.61. The molecule has 0 unspecified atom stereocenters. The first-order chi connectivity index (χ1) is 6.49. The van der Waals surface area contributed by atoms with Crippen LogP contribution in [0.2, 0.25) is 0 Å². The molecule has 14 heavy (non-hydrogen) atoms. The largest absolute Gasteiger partial charge is 0.502 e. The first-order valence-corrected chi connectivity index (χ1v) is 4.91. The Labute approximate surface area is 93.0 Å². The van der Waals surface area contributed by atoms with E-state index in [9.17, 15) is 19.6 Å². The molecule has 0 aliphatic heterocycles. The van der Waals surface area contributed by atoms with E-state index >= 15 is 0 Å². The third kappa shape index (κ3) is 1.79. The van der Waals surface area contributed by atoms with E-state index in [2.05, 4.69) is 0 Å². The molecule has 0 aromatic heterocycles. The Morgan fingerprint density at radius 3 is 2.71 bits per heavy atom. The monoisotopic (exact) mass is 311 g/mol. The zero-order valence-electron chi connectivity index (χ0n) is 7.25. The Balaban J connectivity index is 3.49. The maximum atomic E-state index is 13.4. The Morgan fingerprint density at radius 2 is 2.29 bits per heavy atom. The lowest BCUT2D eigenvalue weighted by Crippen LogP contribution is -1.99. The molecule has 0 amide bonds. The molecular weight excluding hydrogens is 304 g/mol. The minimum atomic E-state index is -0.965. The van der Waals surface area contributed by atoms with Crippen molar-refractivity contribution in [2.75, 3.05) is 0 Å². The molecule has 0 spiro atoms. The van der Waals surface area contributed by atoms with Gasteiger partial charge in [0, 0.05) is 0 Å². The molecule has 1 aromatic carbocycles. The van der Waals surface area contributed by atoms with Crippen LogP contribution in [-0.2, 0) is 6.42 Å². The molecule has 0 radical (unpaired) electrons. The number of hydrogen-bond donors (Lipinski definition) is 1. The van der Waals surface area contributed by atoms with Crippen molar-refractivity contribution in [1.29, 1.82) is 0 Å². The highest BCUT2D eigenvalue weighted by molar-refractivity contribution is 14.1. The van der Waals surface area contributed by atoms with Crippen LogP contribution in [0.25, 0.3) is 0 Å². The molecule has 1 aromatic rings. The lowest BCUT2D eigenvalue weighted by atomic mass is 10.1. The van der Waals surface area contributed by atoms with E-state index in [-0.39, 0.29) is 3.57 Å². The minimum Gasteiger partial charge on any atom is -0.502 e. The van der Waals surface area contributed by atoms with Gasteiger partial charge in [0.05, 0.1) is 8.49 Å². The van der Waals surface area contributed by atoms with Crippen LogP contribution in [0.4, 0.5) is 10.1 Å². The van der Waals surface area contributed by atoms with Gasteiger partial charge in [0.15, 0.2) is 5.75 Å². The number of nitro groups is 1. The van der Waals surface area contributed by atoms with E-state index in [1.54, 1.807) is 29.5 Å². The Kier molecular flexibility index (Phi) is 3.25. The lowest BCUT2D eigenvalue weighted by Gasteiger charge is -2.04. The van der Waals surface area contributed by atoms with Crippen molar-refractivity contribution in [1.82, 2.24) is 0 Å². The highest BCUT2D eigenvalue weighted by atomic mass is 127. The van der Waals surface area contributed by atoms with Gasteiger partial charge in [-0.05, 0) is 40.6 Å². The van der Waals surface area contributed by atoms with Crippen LogP contribution in [0.15, 0.2) is 6.07 Å². The highest BCUT2D eigenvalue weighted by Gasteiger charge is 2.24. The summed E-state index contributed by atoms with van der Waals surface area (Å²) < 4.78 is 13.5. The van der Waals surface area contributed by atoms with Gasteiger partial charge in [-0.3, -0.25) is 10.1 Å². The summed E-state index contributed by atoms with van der Waals surface area (Å²) in [6.45, 7) is 1.78. The predicted molar refractivity (Wildman–Crippen MR) is 56.8 cm³/mol. The molecule has 0 atom stereocenters. The number of phenolic OH excluding ortho intramolecular Hbond substituents is 1. The number of nitrogens with zero attached hydrogens (tertiary/aromatic N) is 1. The summed E-state index contributed by atoms with van der Waals surface area (Å²) in [6, 6.07) is 1.23. The van der Waals surface area contributed by atoms with Gasteiger partial charge in [0.25, 0.3) is 0 Å². The van der Waals surface area contributed by atoms with E-state index in [4.69, 9.17) is 0 Å². The quantitative estimate of drug-likeness (QED) is 0.519. The van der Waals surface area contributed by atoms with E-state index < -0.39 is 22.2 Å². The number of benzene rings is 1. The fourth-order valence-electron chi connectivity index (χ4n) is 1.09. The van der Waals surface area contributed by atoms with Gasteiger partial charge in [-0.2, -0.15) is 4.39 Å². The van der Waals surface area contributed by atoms with Crippen molar-refractivity contribution in [2.24, 2.45) is 0 Å². The van der Waals surface area contributed by atoms with Gasteiger partial charge in [0.2, 0.25) is 5.82 Å². The van der Waals surface area contributed by atoms with Gasteiger partial charge in [-0.1, -0.05) is 6.92 Å². The standard InChI is InChI=1S/C8H7FINO3/c1-2-4-3-5(12)8(11(13)14)6(9)7(4)10/h3,12H,2H2,1H3. The van der Waals surface area contributed by atoms with Crippen LogP contribution < -0.4 is 0 Å². The molecule has 6 heteroatoms. The molecule has 0 aliphatic rings. The summed E-state index contributed by atoms with van der Waals surface area (Å²) >= 11 is 1.69. The first-order valence-electron chi connectivity index (χ1n) is 3.83. The van der Waals surface area contributed by atoms with Crippen molar-refractivity contribution in [3.8, 4) is 5.75 Å².